The van der Waals surface area contributed by atoms with Crippen molar-refractivity contribution >= 4 is 0 Å². The molecule has 3 nitrogen and oxygen atoms in total. The van der Waals surface area contributed by atoms with Crippen LogP contribution in [0, 0.1) is 0 Å². The average molecular weight is 866 g/mol. The van der Waals surface area contributed by atoms with Crippen LogP contribution in [0.5, 0.6) is 0 Å². The summed E-state index contributed by atoms with van der Waals surface area (Å²) in [5.74, 6) is 0. The van der Waals surface area contributed by atoms with E-state index in [1.807, 2.05) is 0 Å². The van der Waals surface area contributed by atoms with Crippen molar-refractivity contribution in [2.75, 3.05) is 26.4 Å². The molecule has 0 aliphatic rings. The van der Waals surface area contributed by atoms with Crippen LogP contribution < -0.4 is 0 Å². The standard InChI is InChI=1S/C36H74O.C2H6O2.10C2H4/c1-3-5-7-9-11-13-15-17-19-21-23-25-27-29-31-33-35-37-36-34-32-30-28-26-24-22-20-18-16-14-12-10-8-6-4-2;3-1-2-4;10*1-2/h3-36H2,1-2H3;3-4H,1-2H2;10*1-2H2. The normalized spacial score (nSPS) is 8.13. The van der Waals surface area contributed by atoms with Gasteiger partial charge in [-0.05, 0) is 12.8 Å². The molecule has 0 spiro atoms. The van der Waals surface area contributed by atoms with Gasteiger partial charge in [-0.15, -0.1) is 132 Å². The molecular formula is C58H120O3. The Bertz CT molecular complexity index is 470. The lowest BCUT2D eigenvalue weighted by Gasteiger charge is -2.06. The van der Waals surface area contributed by atoms with Crippen molar-refractivity contribution in [2.24, 2.45) is 0 Å². The Morgan fingerprint density at radius 3 is 0.443 bits per heavy atom. The van der Waals surface area contributed by atoms with E-state index in [1.54, 1.807) is 0 Å². The van der Waals surface area contributed by atoms with Gasteiger partial charge >= 0.3 is 0 Å². The van der Waals surface area contributed by atoms with Crippen LogP contribution in [0.2, 0.25) is 0 Å². The van der Waals surface area contributed by atoms with E-state index in [1.165, 1.54) is 205 Å². The zero-order valence-corrected chi connectivity index (χ0v) is 42.9. The Balaban J connectivity index is -0.0000000844. The zero-order chi connectivity index (χ0) is 50.2. The van der Waals surface area contributed by atoms with Crippen LogP contribution in [0.25, 0.3) is 0 Å². The van der Waals surface area contributed by atoms with Crippen LogP contribution >= 0.6 is 0 Å². The molecule has 0 aliphatic carbocycles. The quantitative estimate of drug-likeness (QED) is 0.0493. The number of hydrogen-bond acceptors (Lipinski definition) is 3. The first kappa shape index (κ1) is 89.3. The third-order valence-electron chi connectivity index (χ3n) is 8.38. The first-order valence-electron chi connectivity index (χ1n) is 24.1. The minimum Gasteiger partial charge on any atom is -0.394 e. The fourth-order valence-corrected chi connectivity index (χ4v) is 5.61. The van der Waals surface area contributed by atoms with Gasteiger partial charge in [0.15, 0.2) is 0 Å². The topological polar surface area (TPSA) is 49.7 Å². The summed E-state index contributed by atoms with van der Waals surface area (Å²) in [5, 5.41) is 15.2. The fourth-order valence-electron chi connectivity index (χ4n) is 5.61. The highest BCUT2D eigenvalue weighted by Crippen LogP contribution is 2.15. The second-order valence-corrected chi connectivity index (χ2v) is 12.7. The molecule has 0 unspecified atom stereocenters. The van der Waals surface area contributed by atoms with Gasteiger partial charge in [-0.1, -0.05) is 206 Å². The molecule has 0 saturated heterocycles. The molecule has 0 heterocycles. The molecule has 0 aliphatic heterocycles. The molecule has 0 atom stereocenters. The highest BCUT2D eigenvalue weighted by molar-refractivity contribution is 4.52. The lowest BCUT2D eigenvalue weighted by atomic mass is 10.0. The van der Waals surface area contributed by atoms with Crippen molar-refractivity contribution in [1.82, 2.24) is 0 Å². The van der Waals surface area contributed by atoms with Crippen LogP contribution in [0.3, 0.4) is 0 Å². The van der Waals surface area contributed by atoms with Crippen LogP contribution in [0.4, 0.5) is 0 Å². The Kier molecular flexibility index (Phi) is 226. The first-order chi connectivity index (χ1) is 30.3. The van der Waals surface area contributed by atoms with Gasteiger partial charge < -0.3 is 14.9 Å². The highest BCUT2D eigenvalue weighted by atomic mass is 16.5. The average Bonchev–Trinajstić information content (AvgIpc) is 3.37. The van der Waals surface area contributed by atoms with E-state index >= 15 is 0 Å². The van der Waals surface area contributed by atoms with Gasteiger partial charge in [-0.2, -0.15) is 0 Å². The number of hydrogen-bond donors (Lipinski definition) is 2. The maximum absolute atomic E-state index is 7.62. The van der Waals surface area contributed by atoms with Crippen molar-refractivity contribution in [3.63, 3.8) is 0 Å². The molecule has 370 valence electrons. The summed E-state index contributed by atoms with van der Waals surface area (Å²) >= 11 is 0. The maximum Gasteiger partial charge on any atom is 0.0662 e. The van der Waals surface area contributed by atoms with Gasteiger partial charge in [0.05, 0.1) is 13.2 Å². The second kappa shape index (κ2) is 154. The van der Waals surface area contributed by atoms with E-state index in [4.69, 9.17) is 14.9 Å². The Labute approximate surface area is 390 Å². The number of aliphatic hydroxyl groups is 2. The molecule has 0 amide bonds. The predicted molar refractivity (Wildman–Crippen MR) is 297 cm³/mol. The molecule has 0 bridgehead atoms. The minimum absolute atomic E-state index is 0.125. The van der Waals surface area contributed by atoms with Gasteiger partial charge in [0, 0.05) is 13.2 Å². The molecule has 0 saturated carbocycles. The van der Waals surface area contributed by atoms with Gasteiger partial charge in [0.25, 0.3) is 0 Å². The summed E-state index contributed by atoms with van der Waals surface area (Å²) < 4.78 is 5.87. The number of aliphatic hydroxyl groups excluding tert-OH is 2. The van der Waals surface area contributed by atoms with E-state index in [9.17, 15) is 0 Å². The Hall–Kier alpha value is -2.72. The number of unbranched alkanes of at least 4 members (excludes halogenated alkanes) is 30. The molecule has 3 heteroatoms. The third-order valence-corrected chi connectivity index (χ3v) is 8.38. The smallest absolute Gasteiger partial charge is 0.0662 e. The van der Waals surface area contributed by atoms with E-state index in [0.717, 1.165) is 13.2 Å². The van der Waals surface area contributed by atoms with Crippen LogP contribution in [0.1, 0.15) is 219 Å². The van der Waals surface area contributed by atoms with Gasteiger partial charge in [0.2, 0.25) is 0 Å². The van der Waals surface area contributed by atoms with E-state index < -0.39 is 0 Å². The largest absolute Gasteiger partial charge is 0.394 e. The van der Waals surface area contributed by atoms with Crippen LogP contribution in [-0.4, -0.2) is 36.6 Å². The van der Waals surface area contributed by atoms with Crippen molar-refractivity contribution in [3.05, 3.63) is 132 Å². The molecule has 0 aromatic carbocycles. The summed E-state index contributed by atoms with van der Waals surface area (Å²) in [6.45, 7) is 66.4. The summed E-state index contributed by atoms with van der Waals surface area (Å²) in [6.07, 6.45) is 46.0. The summed E-state index contributed by atoms with van der Waals surface area (Å²) in [6, 6.07) is 0. The molecule has 2 N–H and O–H groups in total. The monoisotopic (exact) mass is 865 g/mol. The van der Waals surface area contributed by atoms with Crippen molar-refractivity contribution < 1.29 is 14.9 Å². The van der Waals surface area contributed by atoms with Crippen molar-refractivity contribution in [3.8, 4) is 0 Å². The summed E-state index contributed by atoms with van der Waals surface area (Å²) in [5.41, 5.74) is 0. The van der Waals surface area contributed by atoms with Crippen LogP contribution in [-0.2, 0) is 4.74 Å². The fraction of sp³-hybridized carbons (Fsp3) is 0.655. The first-order valence-corrected chi connectivity index (χ1v) is 24.1. The molecule has 0 aromatic heterocycles. The number of ether oxygens (including phenoxy) is 1. The van der Waals surface area contributed by atoms with E-state index in [2.05, 4.69) is 145 Å². The Morgan fingerprint density at radius 2 is 0.328 bits per heavy atom. The van der Waals surface area contributed by atoms with Gasteiger partial charge in [-0.3, -0.25) is 0 Å². The van der Waals surface area contributed by atoms with Crippen molar-refractivity contribution in [1.29, 1.82) is 0 Å². The minimum atomic E-state index is -0.125. The molecule has 0 rings (SSSR count). The van der Waals surface area contributed by atoms with Gasteiger partial charge in [-0.25, -0.2) is 0 Å². The maximum atomic E-state index is 7.62. The molecule has 0 aromatic rings. The number of rotatable bonds is 35. The van der Waals surface area contributed by atoms with E-state index in [0.29, 0.717) is 0 Å². The molecule has 0 fully saturated rings. The van der Waals surface area contributed by atoms with E-state index in [-0.39, 0.29) is 13.2 Å². The zero-order valence-electron chi connectivity index (χ0n) is 42.9. The van der Waals surface area contributed by atoms with Crippen molar-refractivity contribution in [2.45, 2.75) is 219 Å². The third kappa shape index (κ3) is 168. The second-order valence-electron chi connectivity index (χ2n) is 12.7. The van der Waals surface area contributed by atoms with Gasteiger partial charge in [0.1, 0.15) is 0 Å². The SMILES string of the molecule is C=C.C=C.C=C.C=C.C=C.C=C.C=C.C=C.C=C.C=C.CCCCCCCCCCCCCCCCCCOCCCCCCCCCCCCCCCCCC.OCCO. The van der Waals surface area contributed by atoms with Crippen LogP contribution in [0.15, 0.2) is 132 Å². The summed E-state index contributed by atoms with van der Waals surface area (Å²) in [4.78, 5) is 0. The lowest BCUT2D eigenvalue weighted by Crippen LogP contribution is -1.97. The molecule has 61 heavy (non-hydrogen) atoms. The Morgan fingerprint density at radius 1 is 0.213 bits per heavy atom. The molecule has 0 radical (unpaired) electrons. The molecular weight excluding hydrogens is 745 g/mol. The predicted octanol–water partition coefficient (Wildman–Crippen LogP) is 20.5. The lowest BCUT2D eigenvalue weighted by molar-refractivity contribution is 0.125. The summed E-state index contributed by atoms with van der Waals surface area (Å²) in [7, 11) is 0. The highest BCUT2D eigenvalue weighted by Gasteiger charge is 1.97.